The molecule has 4 nitrogen and oxygen atoms in total. The topological polar surface area (TPSA) is 51.2 Å². The van der Waals surface area contributed by atoms with Crippen LogP contribution in [0.3, 0.4) is 0 Å². The Morgan fingerprint density at radius 3 is 2.75 bits per heavy atom. The number of carbonyl (C=O) groups excluding carboxylic acids is 1. The highest BCUT2D eigenvalue weighted by Crippen LogP contribution is 2.43. The van der Waals surface area contributed by atoms with E-state index < -0.39 is 0 Å². The Kier molecular flexibility index (Phi) is 4.96. The molecule has 0 aliphatic rings. The van der Waals surface area contributed by atoms with Crippen molar-refractivity contribution in [1.82, 2.24) is 4.98 Å². The van der Waals surface area contributed by atoms with Gasteiger partial charge in [-0.1, -0.05) is 36.7 Å². The quantitative estimate of drug-likeness (QED) is 0.433. The number of thiophene rings is 1. The Hall–Kier alpha value is -2.63. The smallest absolute Gasteiger partial charge is 0.256 e. The second-order valence-corrected chi connectivity index (χ2v) is 7.96. The molecule has 142 valence electrons. The van der Waals surface area contributed by atoms with Gasteiger partial charge in [0, 0.05) is 33.4 Å². The third-order valence-corrected chi connectivity index (χ3v) is 6.45. The first-order valence-corrected chi connectivity index (χ1v) is 10.2. The van der Waals surface area contributed by atoms with E-state index in [9.17, 15) is 4.79 Å². The summed E-state index contributed by atoms with van der Waals surface area (Å²) in [5, 5.41) is 5.36. The molecule has 0 aliphatic carbocycles. The van der Waals surface area contributed by atoms with Gasteiger partial charge in [0.2, 0.25) is 0 Å². The molecule has 0 spiro atoms. The van der Waals surface area contributed by atoms with E-state index in [0.717, 1.165) is 33.2 Å². The van der Waals surface area contributed by atoms with Gasteiger partial charge in [-0.3, -0.25) is 9.78 Å². The van der Waals surface area contributed by atoms with Gasteiger partial charge in [-0.25, -0.2) is 0 Å². The average molecular weight is 411 g/mol. The molecule has 0 fully saturated rings. The molecule has 0 bridgehead atoms. The minimum absolute atomic E-state index is 0.203. The molecule has 4 aromatic rings. The number of rotatable bonds is 4. The number of anilines is 1. The van der Waals surface area contributed by atoms with Crippen LogP contribution in [-0.2, 0) is 6.42 Å². The van der Waals surface area contributed by atoms with Crippen molar-refractivity contribution in [2.24, 2.45) is 0 Å². The number of hydrogen-bond acceptors (Lipinski definition) is 4. The van der Waals surface area contributed by atoms with Crippen LogP contribution in [0, 0.1) is 6.92 Å². The largest absolute Gasteiger partial charge is 0.495 e. The number of nitrogens with zero attached hydrogens (tertiary/aromatic N) is 1. The zero-order valence-corrected chi connectivity index (χ0v) is 17.4. The summed E-state index contributed by atoms with van der Waals surface area (Å²) in [7, 11) is 1.65. The second kappa shape index (κ2) is 7.41. The predicted molar refractivity (Wildman–Crippen MR) is 117 cm³/mol. The SMILES string of the molecule is CCc1cccc2c1sc1c(OC)ccc(C(=O)Nc3c(C)cncc3Cl)c12. The van der Waals surface area contributed by atoms with Crippen LogP contribution in [0.1, 0.15) is 28.4 Å². The summed E-state index contributed by atoms with van der Waals surface area (Å²) in [4.78, 5) is 17.3. The monoisotopic (exact) mass is 410 g/mol. The number of ether oxygens (including phenoxy) is 1. The van der Waals surface area contributed by atoms with Gasteiger partial charge in [0.25, 0.3) is 5.91 Å². The fourth-order valence-electron chi connectivity index (χ4n) is 3.44. The maximum absolute atomic E-state index is 13.2. The number of amides is 1. The van der Waals surface area contributed by atoms with Gasteiger partial charge in [-0.2, -0.15) is 0 Å². The van der Waals surface area contributed by atoms with Gasteiger partial charge < -0.3 is 10.1 Å². The van der Waals surface area contributed by atoms with Crippen molar-refractivity contribution in [3.05, 3.63) is 64.4 Å². The van der Waals surface area contributed by atoms with E-state index in [1.807, 2.05) is 25.1 Å². The van der Waals surface area contributed by atoms with Crippen LogP contribution in [0.4, 0.5) is 5.69 Å². The molecule has 6 heteroatoms. The average Bonchev–Trinajstić information content (AvgIpc) is 3.09. The van der Waals surface area contributed by atoms with Gasteiger partial charge in [0.1, 0.15) is 5.75 Å². The summed E-state index contributed by atoms with van der Waals surface area (Å²) in [6.07, 6.45) is 4.14. The maximum atomic E-state index is 13.2. The van der Waals surface area contributed by atoms with Gasteiger partial charge >= 0.3 is 0 Å². The molecule has 1 amide bonds. The number of pyridine rings is 1. The second-order valence-electron chi connectivity index (χ2n) is 6.54. The maximum Gasteiger partial charge on any atom is 0.256 e. The Balaban J connectivity index is 1.93. The van der Waals surface area contributed by atoms with E-state index in [1.165, 1.54) is 16.5 Å². The highest BCUT2D eigenvalue weighted by Gasteiger charge is 2.20. The summed E-state index contributed by atoms with van der Waals surface area (Å²) in [5.41, 5.74) is 3.26. The third kappa shape index (κ3) is 3.01. The minimum atomic E-state index is -0.203. The number of hydrogen-bond donors (Lipinski definition) is 1. The van der Waals surface area contributed by atoms with E-state index in [-0.39, 0.29) is 5.91 Å². The highest BCUT2D eigenvalue weighted by molar-refractivity contribution is 7.26. The standard InChI is InChI=1S/C22H19ClN2O2S/c1-4-13-6-5-7-14-18-15(8-9-17(27-3)21(18)28-20(13)14)22(26)25-19-12(2)10-24-11-16(19)23/h5-11H,4H2,1-3H3,(H,24,25,26). The van der Waals surface area contributed by atoms with Crippen molar-refractivity contribution in [3.63, 3.8) is 0 Å². The van der Waals surface area contributed by atoms with E-state index in [4.69, 9.17) is 16.3 Å². The molecule has 28 heavy (non-hydrogen) atoms. The third-order valence-electron chi connectivity index (χ3n) is 4.86. The van der Waals surface area contributed by atoms with E-state index in [1.54, 1.807) is 24.6 Å². The first kappa shape index (κ1) is 18.7. The summed E-state index contributed by atoms with van der Waals surface area (Å²) in [6, 6.07) is 9.89. The van der Waals surface area contributed by atoms with Crippen LogP contribution in [0.25, 0.3) is 20.2 Å². The van der Waals surface area contributed by atoms with Crippen LogP contribution in [0.5, 0.6) is 5.75 Å². The van der Waals surface area contributed by atoms with E-state index in [2.05, 4.69) is 29.4 Å². The van der Waals surface area contributed by atoms with E-state index in [0.29, 0.717) is 16.3 Å². The minimum Gasteiger partial charge on any atom is -0.495 e. The Morgan fingerprint density at radius 2 is 2.04 bits per heavy atom. The fourth-order valence-corrected chi connectivity index (χ4v) is 5.09. The number of fused-ring (bicyclic) bond motifs is 3. The van der Waals surface area contributed by atoms with Crippen molar-refractivity contribution < 1.29 is 9.53 Å². The zero-order valence-electron chi connectivity index (χ0n) is 15.8. The first-order chi connectivity index (χ1) is 13.5. The number of benzene rings is 2. The lowest BCUT2D eigenvalue weighted by Gasteiger charge is -2.11. The zero-order chi connectivity index (χ0) is 19.8. The fraction of sp³-hybridized carbons (Fsp3) is 0.182. The lowest BCUT2D eigenvalue weighted by atomic mass is 10.0. The molecule has 0 saturated carbocycles. The Morgan fingerprint density at radius 1 is 1.21 bits per heavy atom. The normalized spacial score (nSPS) is 11.1. The van der Waals surface area contributed by atoms with Gasteiger partial charge in [0.05, 0.1) is 22.5 Å². The van der Waals surface area contributed by atoms with Crippen LogP contribution >= 0.6 is 22.9 Å². The van der Waals surface area contributed by atoms with Crippen molar-refractivity contribution in [3.8, 4) is 5.75 Å². The summed E-state index contributed by atoms with van der Waals surface area (Å²) >= 11 is 7.91. The first-order valence-electron chi connectivity index (χ1n) is 8.97. The molecule has 0 aliphatic heterocycles. The number of aryl methyl sites for hydroxylation is 2. The molecule has 4 rings (SSSR count). The Bertz CT molecular complexity index is 1200. The Labute approximate surface area is 172 Å². The predicted octanol–water partition coefficient (Wildman–Crippen LogP) is 6.23. The van der Waals surface area contributed by atoms with Gasteiger partial charge in [0.15, 0.2) is 0 Å². The van der Waals surface area contributed by atoms with Crippen LogP contribution < -0.4 is 10.1 Å². The molecule has 2 aromatic heterocycles. The van der Waals surface area contributed by atoms with Crippen molar-refractivity contribution in [2.75, 3.05) is 12.4 Å². The number of carbonyl (C=O) groups is 1. The highest BCUT2D eigenvalue weighted by atomic mass is 35.5. The summed E-state index contributed by atoms with van der Waals surface area (Å²) in [5.74, 6) is 0.568. The lowest BCUT2D eigenvalue weighted by molar-refractivity contribution is 0.102. The molecular formula is C22H19ClN2O2S. The van der Waals surface area contributed by atoms with Crippen LogP contribution in [0.15, 0.2) is 42.7 Å². The number of aromatic nitrogens is 1. The number of halogens is 1. The molecule has 0 saturated heterocycles. The lowest BCUT2D eigenvalue weighted by Crippen LogP contribution is -2.13. The molecule has 1 N–H and O–H groups in total. The molecule has 2 aromatic carbocycles. The molecule has 2 heterocycles. The van der Waals surface area contributed by atoms with Crippen molar-refractivity contribution in [2.45, 2.75) is 20.3 Å². The summed E-state index contributed by atoms with van der Waals surface area (Å²) in [6.45, 7) is 4.00. The number of methoxy groups -OCH3 is 1. The molecule has 0 atom stereocenters. The van der Waals surface area contributed by atoms with Crippen LogP contribution in [-0.4, -0.2) is 18.0 Å². The molecular weight excluding hydrogens is 392 g/mol. The molecule has 0 radical (unpaired) electrons. The van der Waals surface area contributed by atoms with Crippen LogP contribution in [0.2, 0.25) is 5.02 Å². The number of nitrogens with one attached hydrogen (secondary N) is 1. The van der Waals surface area contributed by atoms with Gasteiger partial charge in [-0.15, -0.1) is 11.3 Å². The summed E-state index contributed by atoms with van der Waals surface area (Å²) < 4.78 is 7.74. The van der Waals surface area contributed by atoms with Gasteiger partial charge in [-0.05, 0) is 36.6 Å². The molecule has 0 unspecified atom stereocenters. The van der Waals surface area contributed by atoms with E-state index >= 15 is 0 Å². The van der Waals surface area contributed by atoms with Crippen molar-refractivity contribution >= 4 is 54.7 Å². The van der Waals surface area contributed by atoms with Crippen molar-refractivity contribution in [1.29, 1.82) is 0 Å².